The van der Waals surface area contributed by atoms with Crippen LogP contribution >= 0.6 is 0 Å². The summed E-state index contributed by atoms with van der Waals surface area (Å²) in [6, 6.07) is 5.93. The minimum Gasteiger partial charge on any atom is -0.306 e. The van der Waals surface area contributed by atoms with Crippen molar-refractivity contribution >= 4 is 0 Å². The minimum atomic E-state index is -0.210. The predicted molar refractivity (Wildman–Crippen MR) is 77.4 cm³/mol. The summed E-state index contributed by atoms with van der Waals surface area (Å²) in [5.41, 5.74) is 2.67. The Morgan fingerprint density at radius 3 is 3.00 bits per heavy atom. The van der Waals surface area contributed by atoms with Gasteiger partial charge in [0.2, 0.25) is 0 Å². The summed E-state index contributed by atoms with van der Waals surface area (Å²) in [4.78, 5) is 4.23. The summed E-state index contributed by atoms with van der Waals surface area (Å²) in [5, 5.41) is 3.58. The molecule has 2 aromatic rings. The lowest BCUT2D eigenvalue weighted by Gasteiger charge is -2.29. The highest BCUT2D eigenvalue weighted by Crippen LogP contribution is 2.28. The largest absolute Gasteiger partial charge is 0.306 e. The van der Waals surface area contributed by atoms with Crippen molar-refractivity contribution in [2.24, 2.45) is 0 Å². The lowest BCUT2D eigenvalue weighted by Crippen LogP contribution is -2.35. The Bertz CT molecular complexity index is 606. The van der Waals surface area contributed by atoms with Gasteiger partial charge in [0.15, 0.2) is 0 Å². The van der Waals surface area contributed by atoms with E-state index < -0.39 is 0 Å². The fourth-order valence-corrected chi connectivity index (χ4v) is 2.94. The van der Waals surface area contributed by atoms with Crippen molar-refractivity contribution in [2.45, 2.75) is 45.2 Å². The zero-order chi connectivity index (χ0) is 14.1. The van der Waals surface area contributed by atoms with E-state index in [1.54, 1.807) is 12.4 Å². The van der Waals surface area contributed by atoms with Crippen LogP contribution in [0.5, 0.6) is 0 Å². The molecular formula is C16H20FN3. The fraction of sp³-hybridized carbons (Fsp3) is 0.438. The molecule has 0 bridgehead atoms. The summed E-state index contributed by atoms with van der Waals surface area (Å²) < 4.78 is 16.0. The number of nitrogens with one attached hydrogen (secondary N) is 1. The first kappa shape index (κ1) is 13.3. The molecule has 3 nitrogen and oxygen atoms in total. The van der Waals surface area contributed by atoms with Crippen LogP contribution in [0.25, 0.3) is 5.69 Å². The SMILES string of the molecule is Cc1ccc(F)c(-n2cncc2C2CCCC(C)N2)c1. The van der Waals surface area contributed by atoms with E-state index in [0.29, 0.717) is 11.7 Å². The van der Waals surface area contributed by atoms with Crippen LogP contribution in [0, 0.1) is 12.7 Å². The molecule has 1 aromatic carbocycles. The molecule has 0 amide bonds. The van der Waals surface area contributed by atoms with E-state index in [1.807, 2.05) is 23.8 Å². The van der Waals surface area contributed by atoms with Gasteiger partial charge in [0.05, 0.1) is 23.9 Å². The van der Waals surface area contributed by atoms with Gasteiger partial charge in [0, 0.05) is 12.1 Å². The van der Waals surface area contributed by atoms with Crippen molar-refractivity contribution in [1.29, 1.82) is 0 Å². The number of hydrogen-bond donors (Lipinski definition) is 1. The van der Waals surface area contributed by atoms with Gasteiger partial charge in [-0.1, -0.05) is 6.07 Å². The molecule has 0 aliphatic carbocycles. The highest BCUT2D eigenvalue weighted by atomic mass is 19.1. The molecule has 0 radical (unpaired) electrons. The van der Waals surface area contributed by atoms with Crippen molar-refractivity contribution in [3.63, 3.8) is 0 Å². The van der Waals surface area contributed by atoms with Crippen LogP contribution < -0.4 is 5.32 Å². The zero-order valence-corrected chi connectivity index (χ0v) is 11.9. The topological polar surface area (TPSA) is 29.9 Å². The van der Waals surface area contributed by atoms with Gasteiger partial charge in [-0.2, -0.15) is 0 Å². The quantitative estimate of drug-likeness (QED) is 0.907. The van der Waals surface area contributed by atoms with Crippen LogP contribution in [-0.2, 0) is 0 Å². The third-order valence-electron chi connectivity index (χ3n) is 4.00. The fourth-order valence-electron chi connectivity index (χ4n) is 2.94. The lowest BCUT2D eigenvalue weighted by molar-refractivity contribution is 0.334. The Balaban J connectivity index is 1.99. The second kappa shape index (κ2) is 5.37. The molecule has 1 aliphatic heterocycles. The molecule has 1 aromatic heterocycles. The number of halogens is 1. The number of nitrogens with zero attached hydrogens (tertiary/aromatic N) is 2. The molecule has 2 unspecified atom stereocenters. The Kier molecular flexibility index (Phi) is 3.57. The smallest absolute Gasteiger partial charge is 0.147 e. The Hall–Kier alpha value is -1.68. The van der Waals surface area contributed by atoms with Crippen LogP contribution in [0.3, 0.4) is 0 Å². The average molecular weight is 273 g/mol. The third kappa shape index (κ3) is 2.48. The molecule has 0 saturated carbocycles. The first-order valence-corrected chi connectivity index (χ1v) is 7.20. The number of hydrogen-bond acceptors (Lipinski definition) is 2. The number of benzene rings is 1. The van der Waals surface area contributed by atoms with Gasteiger partial charge in [-0.25, -0.2) is 9.37 Å². The molecule has 1 N–H and O–H groups in total. The molecule has 4 heteroatoms. The van der Waals surface area contributed by atoms with Gasteiger partial charge in [0.25, 0.3) is 0 Å². The summed E-state index contributed by atoms with van der Waals surface area (Å²) in [5.74, 6) is -0.210. The lowest BCUT2D eigenvalue weighted by atomic mass is 9.97. The van der Waals surface area contributed by atoms with Crippen LogP contribution in [0.4, 0.5) is 4.39 Å². The van der Waals surface area contributed by atoms with Crippen LogP contribution in [0.15, 0.2) is 30.7 Å². The first-order chi connectivity index (χ1) is 9.65. The van der Waals surface area contributed by atoms with E-state index in [1.165, 1.54) is 18.9 Å². The average Bonchev–Trinajstić information content (AvgIpc) is 2.90. The molecule has 1 fully saturated rings. The standard InChI is InChI=1S/C16H20FN3/c1-11-6-7-13(17)15(8-11)20-10-18-9-16(20)14-5-3-4-12(2)19-14/h6-10,12,14,19H,3-5H2,1-2H3. The maximum absolute atomic E-state index is 14.1. The predicted octanol–water partition coefficient (Wildman–Crippen LogP) is 3.52. The minimum absolute atomic E-state index is 0.210. The first-order valence-electron chi connectivity index (χ1n) is 7.20. The number of imidazole rings is 1. The van der Waals surface area contributed by atoms with Crippen LogP contribution in [0.1, 0.15) is 43.5 Å². The van der Waals surface area contributed by atoms with E-state index in [-0.39, 0.29) is 11.9 Å². The maximum atomic E-state index is 14.1. The van der Waals surface area contributed by atoms with E-state index in [0.717, 1.165) is 17.7 Å². The highest BCUT2D eigenvalue weighted by Gasteiger charge is 2.23. The molecule has 20 heavy (non-hydrogen) atoms. The normalized spacial score (nSPS) is 22.9. The Morgan fingerprint density at radius 2 is 2.20 bits per heavy atom. The molecule has 106 valence electrons. The summed E-state index contributed by atoms with van der Waals surface area (Å²) in [6.07, 6.45) is 7.01. The molecule has 1 saturated heterocycles. The van der Waals surface area contributed by atoms with Gasteiger partial charge >= 0.3 is 0 Å². The maximum Gasteiger partial charge on any atom is 0.147 e. The van der Waals surface area contributed by atoms with Gasteiger partial charge < -0.3 is 5.32 Å². The van der Waals surface area contributed by atoms with Crippen molar-refractivity contribution < 1.29 is 4.39 Å². The number of aromatic nitrogens is 2. The van der Waals surface area contributed by atoms with E-state index in [2.05, 4.69) is 17.2 Å². The van der Waals surface area contributed by atoms with E-state index in [9.17, 15) is 4.39 Å². The second-order valence-corrected chi connectivity index (χ2v) is 5.69. The monoisotopic (exact) mass is 273 g/mol. The van der Waals surface area contributed by atoms with Crippen molar-refractivity contribution in [3.05, 3.63) is 47.8 Å². The number of rotatable bonds is 2. The molecular weight excluding hydrogens is 253 g/mol. The van der Waals surface area contributed by atoms with E-state index >= 15 is 0 Å². The molecule has 3 rings (SSSR count). The molecule has 0 spiro atoms. The second-order valence-electron chi connectivity index (χ2n) is 5.69. The summed E-state index contributed by atoms with van der Waals surface area (Å²) in [6.45, 7) is 4.17. The van der Waals surface area contributed by atoms with Gasteiger partial charge in [-0.15, -0.1) is 0 Å². The highest BCUT2D eigenvalue weighted by molar-refractivity contribution is 5.39. The van der Waals surface area contributed by atoms with Crippen molar-refractivity contribution in [2.75, 3.05) is 0 Å². The van der Waals surface area contributed by atoms with Crippen LogP contribution in [0.2, 0.25) is 0 Å². The Labute approximate surface area is 118 Å². The number of aryl methyl sites for hydroxylation is 1. The Morgan fingerprint density at radius 1 is 1.35 bits per heavy atom. The van der Waals surface area contributed by atoms with Crippen molar-refractivity contribution in [1.82, 2.24) is 14.9 Å². The number of piperidine rings is 1. The molecule has 1 aliphatic rings. The van der Waals surface area contributed by atoms with Crippen LogP contribution in [-0.4, -0.2) is 15.6 Å². The summed E-state index contributed by atoms with van der Waals surface area (Å²) in [7, 11) is 0. The van der Waals surface area contributed by atoms with Gasteiger partial charge in [0.1, 0.15) is 5.82 Å². The van der Waals surface area contributed by atoms with E-state index in [4.69, 9.17) is 0 Å². The summed E-state index contributed by atoms with van der Waals surface area (Å²) >= 11 is 0. The van der Waals surface area contributed by atoms with Crippen molar-refractivity contribution in [3.8, 4) is 5.69 Å². The van der Waals surface area contributed by atoms with Gasteiger partial charge in [-0.05, 0) is 50.8 Å². The third-order valence-corrected chi connectivity index (χ3v) is 4.00. The van der Waals surface area contributed by atoms with Gasteiger partial charge in [-0.3, -0.25) is 4.57 Å². The molecule has 2 heterocycles. The zero-order valence-electron chi connectivity index (χ0n) is 11.9. The molecule has 2 atom stereocenters.